The van der Waals surface area contributed by atoms with E-state index in [1.807, 2.05) is 116 Å². The first kappa shape index (κ1) is 44.1. The van der Waals surface area contributed by atoms with Crippen LogP contribution < -0.4 is 11.5 Å². The van der Waals surface area contributed by atoms with Crippen molar-refractivity contribution in [3.63, 3.8) is 0 Å². The first-order valence-electron chi connectivity index (χ1n) is 23.8. The fourth-order valence-electron chi connectivity index (χ4n) is 9.58. The summed E-state index contributed by atoms with van der Waals surface area (Å²) >= 11 is 0. The van der Waals surface area contributed by atoms with Crippen molar-refractivity contribution in [2.24, 2.45) is 31.4 Å². The van der Waals surface area contributed by atoms with Crippen LogP contribution in [-0.4, -0.2) is 39.1 Å². The first-order valence-corrected chi connectivity index (χ1v) is 23.8. The van der Waals surface area contributed by atoms with Crippen molar-refractivity contribution in [3.05, 3.63) is 259 Å². The molecule has 0 amide bonds. The lowest BCUT2D eigenvalue weighted by molar-refractivity contribution is 1.05. The molecule has 71 heavy (non-hydrogen) atoms. The van der Waals surface area contributed by atoms with Gasteiger partial charge in [0.15, 0.2) is 5.84 Å². The van der Waals surface area contributed by atoms with Crippen LogP contribution >= 0.6 is 0 Å². The van der Waals surface area contributed by atoms with Gasteiger partial charge in [-0.25, -0.2) is 9.98 Å². The molecule has 0 unspecified atom stereocenters. The summed E-state index contributed by atoms with van der Waals surface area (Å²) in [4.78, 5) is 20.4. The molecule has 0 spiro atoms. The molecule has 342 valence electrons. The highest BCUT2D eigenvalue weighted by Gasteiger charge is 2.22. The summed E-state index contributed by atoms with van der Waals surface area (Å²) in [5.74, 6) is 1.87. The van der Waals surface area contributed by atoms with Gasteiger partial charge in [0.25, 0.3) is 0 Å². The van der Waals surface area contributed by atoms with Crippen molar-refractivity contribution in [2.75, 3.05) is 6.54 Å². The van der Waals surface area contributed by atoms with E-state index in [1.54, 1.807) is 0 Å². The Morgan fingerprint density at radius 3 is 1.93 bits per heavy atom. The molecule has 0 aliphatic heterocycles. The van der Waals surface area contributed by atoms with E-state index in [0.29, 0.717) is 36.6 Å². The van der Waals surface area contributed by atoms with Crippen molar-refractivity contribution in [1.29, 1.82) is 0 Å². The van der Waals surface area contributed by atoms with Crippen LogP contribution in [0.25, 0.3) is 70.8 Å². The summed E-state index contributed by atoms with van der Waals surface area (Å²) < 4.78 is 4.53. The molecule has 11 rings (SSSR count). The van der Waals surface area contributed by atoms with Gasteiger partial charge in [0.1, 0.15) is 11.7 Å². The normalized spacial score (nSPS) is 13.3. The Bertz CT molecular complexity index is 4000. The summed E-state index contributed by atoms with van der Waals surface area (Å²) in [5.41, 5.74) is 22.5. The lowest BCUT2D eigenvalue weighted by Gasteiger charge is -2.11. The number of benzene rings is 9. The van der Waals surface area contributed by atoms with E-state index in [9.17, 15) is 0 Å². The molecule has 8 heteroatoms. The smallest absolute Gasteiger partial charge is 0.232 e. The van der Waals surface area contributed by atoms with E-state index >= 15 is 0 Å². The maximum Gasteiger partial charge on any atom is 0.232 e. The lowest BCUT2D eigenvalue weighted by Crippen LogP contribution is -2.19. The molecule has 8 nitrogen and oxygen atoms in total. The Kier molecular flexibility index (Phi) is 12.2. The minimum atomic E-state index is 0.386. The van der Waals surface area contributed by atoms with E-state index in [2.05, 4.69) is 137 Å². The molecule has 0 bridgehead atoms. The van der Waals surface area contributed by atoms with Gasteiger partial charge in [0.2, 0.25) is 5.96 Å². The van der Waals surface area contributed by atoms with E-state index < -0.39 is 0 Å². The Labute approximate surface area is 412 Å². The molecule has 0 radical (unpaired) electrons. The van der Waals surface area contributed by atoms with Crippen LogP contribution in [0.4, 0.5) is 0 Å². The number of hydrogen-bond donors (Lipinski definition) is 2. The largest absolute Gasteiger partial charge is 0.383 e. The maximum absolute atomic E-state index is 6.95. The average Bonchev–Trinajstić information content (AvgIpc) is 3.94. The van der Waals surface area contributed by atoms with Gasteiger partial charge in [-0.15, -0.1) is 0 Å². The van der Waals surface area contributed by atoms with E-state index in [0.717, 1.165) is 93.1 Å². The number of hydrogen-bond acceptors (Lipinski definition) is 2. The number of nitrogens with two attached hydrogens (primary N) is 2. The number of aliphatic imine (C=N–C) groups is 4. The number of nitrogens with zero attached hydrogens (tertiary/aromatic N) is 6. The van der Waals surface area contributed by atoms with Crippen molar-refractivity contribution in [1.82, 2.24) is 9.13 Å². The second kappa shape index (κ2) is 19.7. The summed E-state index contributed by atoms with van der Waals surface area (Å²) in [6.07, 6.45) is 12.0. The van der Waals surface area contributed by atoms with Crippen molar-refractivity contribution < 1.29 is 0 Å². The van der Waals surface area contributed by atoms with Crippen molar-refractivity contribution >= 4 is 88.6 Å². The number of amidine groups is 3. The number of rotatable bonds is 10. The molecule has 4 N–H and O–H groups in total. The highest BCUT2D eigenvalue weighted by atomic mass is 15.2. The average molecular weight is 919 g/mol. The van der Waals surface area contributed by atoms with Gasteiger partial charge < -0.3 is 16.0 Å². The monoisotopic (exact) mass is 918 g/mol. The fourth-order valence-corrected chi connectivity index (χ4v) is 9.58. The number of para-hydroxylation sites is 2. The van der Waals surface area contributed by atoms with Crippen LogP contribution in [0.15, 0.2) is 257 Å². The third-order valence-corrected chi connectivity index (χ3v) is 12.9. The SMILES string of the molecule is C\C=C/C=C\C=C\C/N=C(\N=C(/N)c1ccccc1)n1c2ccccc2c2c1ccc1c3ccccc3n(-c3ccc(C/N=C(\N=C(/N)c4cccc5ccc6ccccc6c45)c4ccccc4)cc3)c12. The quantitative estimate of drug-likeness (QED) is 0.0616. The maximum atomic E-state index is 6.95. The highest BCUT2D eigenvalue weighted by molar-refractivity contribution is 6.28. The van der Waals surface area contributed by atoms with Crippen LogP contribution in [-0.2, 0) is 6.54 Å². The van der Waals surface area contributed by atoms with Gasteiger partial charge >= 0.3 is 0 Å². The predicted molar refractivity (Wildman–Crippen MR) is 301 cm³/mol. The van der Waals surface area contributed by atoms with Gasteiger partial charge in [0.05, 0.1) is 35.2 Å². The molecule has 11 aromatic rings. The molecule has 0 saturated heterocycles. The molecular weight excluding hydrogens is 869 g/mol. The molecule has 0 aliphatic carbocycles. The van der Waals surface area contributed by atoms with E-state index in [1.165, 1.54) is 0 Å². The van der Waals surface area contributed by atoms with Crippen LogP contribution in [0.5, 0.6) is 0 Å². The minimum Gasteiger partial charge on any atom is -0.383 e. The topological polar surface area (TPSA) is 111 Å². The van der Waals surface area contributed by atoms with Crippen LogP contribution in [0.2, 0.25) is 0 Å². The predicted octanol–water partition coefficient (Wildman–Crippen LogP) is 13.8. The number of fused-ring (bicyclic) bond motifs is 10. The van der Waals surface area contributed by atoms with Gasteiger partial charge in [-0.05, 0) is 59.0 Å². The third-order valence-electron chi connectivity index (χ3n) is 12.9. The second-order valence-corrected chi connectivity index (χ2v) is 17.3. The molecule has 0 atom stereocenters. The van der Waals surface area contributed by atoms with Gasteiger partial charge in [-0.1, -0.05) is 206 Å². The zero-order chi connectivity index (χ0) is 48.1. The summed E-state index contributed by atoms with van der Waals surface area (Å²) in [6, 6.07) is 69.0. The Morgan fingerprint density at radius 2 is 1.14 bits per heavy atom. The Morgan fingerprint density at radius 1 is 0.479 bits per heavy atom. The Hall–Kier alpha value is -9.40. The Balaban J connectivity index is 1.02. The van der Waals surface area contributed by atoms with Gasteiger partial charge in [0, 0.05) is 49.3 Å². The zero-order valence-electron chi connectivity index (χ0n) is 39.3. The van der Waals surface area contributed by atoms with Gasteiger partial charge in [-0.2, -0.15) is 4.99 Å². The minimum absolute atomic E-state index is 0.386. The fraction of sp³-hybridized carbons (Fsp3) is 0.0476. The van der Waals surface area contributed by atoms with E-state index in [4.69, 9.17) is 31.4 Å². The molecule has 2 heterocycles. The standard InChI is InChI=1S/C63H50N8/c1-2-3-4-5-6-19-41-66-63(69-60(64)46-22-9-7-10-23-46)71-55-32-18-16-29-52(55)58-56(71)40-39-51-50-28-15-17-31-54(50)70(59(51)58)48-37-33-43(34-38-48)42-67-62(47-24-11-8-12-25-47)68-61(65)53-30-20-26-45-36-35-44-21-13-14-27-49(44)57(45)53/h2-40H,41-42H2,1H3,(H2,64,66,69)(H2,65,67,68)/b3-2-,5-4-,19-6+. The third kappa shape index (κ3) is 8.60. The summed E-state index contributed by atoms with van der Waals surface area (Å²) in [5, 5.41) is 8.96. The van der Waals surface area contributed by atoms with Gasteiger partial charge in [-0.3, -0.25) is 9.56 Å². The summed E-state index contributed by atoms with van der Waals surface area (Å²) in [6.45, 7) is 2.81. The van der Waals surface area contributed by atoms with Crippen LogP contribution in [0.1, 0.15) is 29.2 Å². The first-order chi connectivity index (χ1) is 35.1. The summed E-state index contributed by atoms with van der Waals surface area (Å²) in [7, 11) is 0. The highest BCUT2D eigenvalue weighted by Crippen LogP contribution is 2.41. The molecule has 0 aliphatic rings. The number of allylic oxidation sites excluding steroid dienone is 5. The molecule has 0 fully saturated rings. The zero-order valence-corrected chi connectivity index (χ0v) is 39.3. The molecular formula is C63H50N8. The van der Waals surface area contributed by atoms with E-state index in [-0.39, 0.29) is 0 Å². The molecule has 0 saturated carbocycles. The van der Waals surface area contributed by atoms with Crippen molar-refractivity contribution in [2.45, 2.75) is 13.5 Å². The number of aromatic nitrogens is 2. The second-order valence-electron chi connectivity index (χ2n) is 17.3. The molecule has 2 aromatic heterocycles. The van der Waals surface area contributed by atoms with Crippen LogP contribution in [0.3, 0.4) is 0 Å². The molecule has 9 aromatic carbocycles. The lowest BCUT2D eigenvalue weighted by atomic mass is 9.97. The van der Waals surface area contributed by atoms with Crippen molar-refractivity contribution in [3.8, 4) is 5.69 Å². The van der Waals surface area contributed by atoms with Crippen LogP contribution in [0, 0.1) is 0 Å².